The molecule has 4 N–H and O–H groups in total. The number of aromatic nitrogens is 6. The Bertz CT molecular complexity index is 3380. The van der Waals surface area contributed by atoms with Gasteiger partial charge in [0.15, 0.2) is 37.9 Å². The van der Waals surface area contributed by atoms with Gasteiger partial charge in [-0.25, -0.2) is 46.7 Å². The Hall–Kier alpha value is -8.55. The van der Waals surface area contributed by atoms with Crippen LogP contribution in [0.25, 0.3) is 22.3 Å². The van der Waals surface area contributed by atoms with Crippen molar-refractivity contribution in [2.24, 2.45) is 0 Å². The predicted octanol–water partition coefficient (Wildman–Crippen LogP) is 7.34. The third-order valence-corrected chi connectivity index (χ3v) is 12.4. The van der Waals surface area contributed by atoms with Gasteiger partial charge in [-0.3, -0.25) is 25.0 Å². The number of methoxy groups -OCH3 is 4. The van der Waals surface area contributed by atoms with Gasteiger partial charge in [0.25, 0.3) is 21.4 Å². The summed E-state index contributed by atoms with van der Waals surface area (Å²) < 4.78 is 73.7. The Morgan fingerprint density at radius 3 is 1.64 bits per heavy atom. The Labute approximate surface area is 397 Å². The van der Waals surface area contributed by atoms with Crippen molar-refractivity contribution in [3.63, 3.8) is 0 Å². The molecule has 0 aliphatic heterocycles. The number of rotatable bonds is 14. The second-order valence-electron chi connectivity index (χ2n) is 13.8. The molecule has 0 saturated heterocycles. The number of nitrogens with two attached hydrogens (primary N) is 1. The molecule has 69 heavy (non-hydrogen) atoms. The largest absolute Gasteiger partial charge is 0.497 e. The van der Waals surface area contributed by atoms with E-state index in [1.165, 1.54) is 63.0 Å². The quantitative estimate of drug-likeness (QED) is 0.0545. The molecule has 0 spiro atoms. The Morgan fingerprint density at radius 1 is 0.609 bits per heavy atom. The van der Waals surface area contributed by atoms with E-state index in [0.717, 1.165) is 12.1 Å². The van der Waals surface area contributed by atoms with Gasteiger partial charge in [-0.2, -0.15) is 0 Å². The topological polar surface area (TPSA) is 319 Å². The van der Waals surface area contributed by atoms with Crippen molar-refractivity contribution in [1.29, 1.82) is 0 Å². The maximum atomic E-state index is 13.1. The summed E-state index contributed by atoms with van der Waals surface area (Å²) in [6.45, 7) is 0. The molecular weight excluding hydrogens is 962 g/mol. The van der Waals surface area contributed by atoms with Crippen molar-refractivity contribution in [3.05, 3.63) is 153 Å². The highest BCUT2D eigenvalue weighted by molar-refractivity contribution is 7.92. The highest BCUT2D eigenvalue weighted by atomic mass is 35.5. The van der Waals surface area contributed by atoms with Crippen LogP contribution in [0.3, 0.4) is 0 Å². The monoisotopic (exact) mass is 999 g/mol. The number of ether oxygens (including phenoxy) is 4. The van der Waals surface area contributed by atoms with Gasteiger partial charge in [-0.05, 0) is 36.4 Å². The van der Waals surface area contributed by atoms with Gasteiger partial charge in [0, 0.05) is 84.4 Å². The maximum Gasteiger partial charge on any atom is 0.270 e. The number of nitrogens with zero attached hydrogens (tertiary/aromatic N) is 8. The lowest BCUT2D eigenvalue weighted by Gasteiger charge is -2.14. The summed E-state index contributed by atoms with van der Waals surface area (Å²) in [5.41, 5.74) is 7.47. The lowest BCUT2D eigenvalue weighted by molar-refractivity contribution is -0.385. The molecule has 23 nitrogen and oxygen atoms in total. The highest BCUT2D eigenvalue weighted by Crippen LogP contribution is 2.31. The number of nitro benzene ring substituents is 2. The van der Waals surface area contributed by atoms with E-state index in [9.17, 15) is 37.1 Å². The minimum absolute atomic E-state index is 0.0968. The molecule has 0 radical (unpaired) electrons. The van der Waals surface area contributed by atoms with Gasteiger partial charge in [0.05, 0.1) is 48.1 Å². The van der Waals surface area contributed by atoms with Crippen molar-refractivity contribution in [1.82, 2.24) is 29.9 Å². The lowest BCUT2D eigenvalue weighted by atomic mass is 10.2. The molecule has 8 rings (SSSR count). The van der Waals surface area contributed by atoms with Crippen LogP contribution in [0.4, 0.5) is 34.4 Å². The molecule has 8 aromatic rings. The van der Waals surface area contributed by atoms with Crippen molar-refractivity contribution in [2.75, 3.05) is 44.2 Å². The van der Waals surface area contributed by atoms with E-state index in [-0.39, 0.29) is 54.9 Å². The SMILES string of the molecule is COc1cc(N)cc(OC)c1.COc1cc(Nc2nc3cccnc3nc2CS(=O)(=O)c2cccc([N+](=O)[O-])c2)cc(OC)c1.O=[N+]([O-])c1cccc(S(=O)(=O)Nc2nc3ncccc3nc2Cl)c1. The molecule has 0 amide bonds. The molecule has 0 unspecified atom stereocenters. The van der Waals surface area contributed by atoms with Crippen molar-refractivity contribution in [2.45, 2.75) is 15.5 Å². The molecule has 4 heterocycles. The van der Waals surface area contributed by atoms with Crippen LogP contribution in [0.1, 0.15) is 5.69 Å². The molecule has 4 aromatic carbocycles. The van der Waals surface area contributed by atoms with Crippen molar-refractivity contribution < 1.29 is 45.6 Å². The van der Waals surface area contributed by atoms with Crippen LogP contribution in [0, 0.1) is 20.2 Å². The van der Waals surface area contributed by atoms with E-state index in [1.807, 2.05) is 0 Å². The number of benzene rings is 4. The smallest absolute Gasteiger partial charge is 0.270 e. The minimum atomic E-state index is -4.13. The van der Waals surface area contributed by atoms with Gasteiger partial charge < -0.3 is 30.0 Å². The van der Waals surface area contributed by atoms with E-state index in [1.54, 1.807) is 74.9 Å². The van der Waals surface area contributed by atoms with Crippen LogP contribution in [0.2, 0.25) is 5.15 Å². The highest BCUT2D eigenvalue weighted by Gasteiger charge is 2.24. The van der Waals surface area contributed by atoms with Crippen LogP contribution in [-0.2, 0) is 25.6 Å². The first-order valence-corrected chi connectivity index (χ1v) is 23.1. The fourth-order valence-electron chi connectivity index (χ4n) is 5.92. The van der Waals surface area contributed by atoms with Gasteiger partial charge in [-0.15, -0.1) is 0 Å². The van der Waals surface area contributed by atoms with Gasteiger partial charge >= 0.3 is 0 Å². The number of hydrogen-bond donors (Lipinski definition) is 3. The third kappa shape index (κ3) is 12.9. The summed E-state index contributed by atoms with van der Waals surface area (Å²) >= 11 is 5.94. The molecule has 0 aliphatic carbocycles. The van der Waals surface area contributed by atoms with Gasteiger partial charge in [0.2, 0.25) is 0 Å². The van der Waals surface area contributed by atoms with E-state index in [2.05, 4.69) is 39.9 Å². The van der Waals surface area contributed by atoms with E-state index in [0.29, 0.717) is 45.4 Å². The molecule has 0 fully saturated rings. The average Bonchev–Trinajstić information content (AvgIpc) is 3.34. The summed E-state index contributed by atoms with van der Waals surface area (Å²) in [4.78, 5) is 45.1. The number of anilines is 4. The molecule has 356 valence electrons. The first kappa shape index (κ1) is 49.9. The number of halogens is 1. The lowest BCUT2D eigenvalue weighted by Crippen LogP contribution is -2.15. The normalized spacial score (nSPS) is 11.0. The van der Waals surface area contributed by atoms with Gasteiger partial charge in [0.1, 0.15) is 45.5 Å². The third-order valence-electron chi connectivity index (χ3n) is 9.18. The molecule has 0 bridgehead atoms. The molecule has 26 heteroatoms. The van der Waals surface area contributed by atoms with Crippen molar-refractivity contribution >= 4 is 88.2 Å². The number of nitrogens with one attached hydrogen (secondary N) is 2. The summed E-state index contributed by atoms with van der Waals surface area (Å²) in [6.07, 6.45) is 3.00. The fourth-order valence-corrected chi connectivity index (χ4v) is 8.52. The van der Waals surface area contributed by atoms with E-state index in [4.69, 9.17) is 36.3 Å². The summed E-state index contributed by atoms with van der Waals surface area (Å²) in [7, 11) is -1.93. The molecule has 0 atom stereocenters. The fraction of sp³-hybridized carbons (Fsp3) is 0.116. The second kappa shape index (κ2) is 21.8. The Balaban J connectivity index is 0.000000193. The molecule has 0 aliphatic rings. The summed E-state index contributed by atoms with van der Waals surface area (Å²) in [6, 6.07) is 26.4. The van der Waals surface area contributed by atoms with Crippen LogP contribution >= 0.6 is 11.6 Å². The summed E-state index contributed by atoms with van der Waals surface area (Å²) in [5, 5.41) is 24.8. The van der Waals surface area contributed by atoms with Crippen LogP contribution in [0.15, 0.2) is 131 Å². The minimum Gasteiger partial charge on any atom is -0.497 e. The first-order chi connectivity index (χ1) is 32.9. The van der Waals surface area contributed by atoms with Crippen molar-refractivity contribution in [3.8, 4) is 23.0 Å². The second-order valence-corrected chi connectivity index (χ2v) is 17.9. The number of sulfone groups is 1. The summed E-state index contributed by atoms with van der Waals surface area (Å²) in [5.74, 6) is 1.87. The maximum absolute atomic E-state index is 13.1. The molecule has 0 saturated carbocycles. The molecule has 4 aromatic heterocycles. The Kier molecular flexibility index (Phi) is 15.8. The van der Waals surface area contributed by atoms with Crippen LogP contribution < -0.4 is 34.7 Å². The predicted molar refractivity (Wildman–Crippen MR) is 254 cm³/mol. The van der Waals surface area contributed by atoms with E-state index < -0.39 is 35.5 Å². The number of fused-ring (bicyclic) bond motifs is 2. The molecular formula is C43H38ClN11O12S2. The number of nitrogen functional groups attached to an aromatic ring is 1. The number of sulfonamides is 1. The average molecular weight is 1000 g/mol. The zero-order valence-electron chi connectivity index (χ0n) is 36.5. The van der Waals surface area contributed by atoms with Gasteiger partial charge in [-0.1, -0.05) is 23.7 Å². The zero-order valence-corrected chi connectivity index (χ0v) is 38.9. The first-order valence-electron chi connectivity index (χ1n) is 19.5. The van der Waals surface area contributed by atoms with E-state index >= 15 is 0 Å². The zero-order chi connectivity index (χ0) is 49.9. The van der Waals surface area contributed by atoms with Crippen LogP contribution in [-0.4, -0.2) is 85.0 Å². The standard InChI is InChI=1S/C22H19N5O6S.C13H8ClN5O4S.C8H11NO2/c1-32-16-9-14(10-17(12-16)33-2)24-22-20(26-21-19(25-22)7-4-8-23-21)13-34(30,31)18-6-3-5-15(11-18)27(28)29;14-11-13(17-12-10(16-11)5-2-6-15-12)18-24(22,23)9-4-1-3-8(7-9)19(20)21;1-10-7-3-6(9)4-8(5-7)11-2/h3-12H,13H2,1-2H3,(H,24,25);1-7H,(H,15,17,18);3-5H,9H2,1-2H3. The number of pyridine rings is 2. The number of nitro groups is 2. The van der Waals surface area contributed by atoms with Crippen LogP contribution in [0.5, 0.6) is 23.0 Å². The number of hydrogen-bond acceptors (Lipinski definition) is 20. The Morgan fingerprint density at radius 2 is 1.10 bits per heavy atom. The number of non-ortho nitro benzene ring substituents is 2.